The van der Waals surface area contributed by atoms with Gasteiger partial charge in [0.25, 0.3) is 0 Å². The Morgan fingerprint density at radius 3 is 2.77 bits per heavy atom. The van der Waals surface area contributed by atoms with Gasteiger partial charge in [-0.2, -0.15) is 11.8 Å². The van der Waals surface area contributed by atoms with Gasteiger partial charge in [-0.15, -0.1) is 0 Å². The maximum Gasteiger partial charge on any atom is 0.0371 e. The molecule has 0 saturated carbocycles. The maximum atomic E-state index is 3.96. The summed E-state index contributed by atoms with van der Waals surface area (Å²) in [5, 5.41) is 3.38. The molecule has 1 unspecified atom stereocenters. The summed E-state index contributed by atoms with van der Waals surface area (Å²) in [5.41, 5.74) is 1.16. The van der Waals surface area contributed by atoms with Crippen molar-refractivity contribution >= 4 is 17.4 Å². The molecule has 0 aliphatic heterocycles. The molecule has 0 aliphatic carbocycles. The second-order valence-corrected chi connectivity index (χ2v) is 4.09. The topological polar surface area (TPSA) is 24.9 Å². The molecule has 0 bridgehead atoms. The average molecular weight is 196 g/mol. The predicted molar refractivity (Wildman–Crippen MR) is 60.3 cm³/mol. The summed E-state index contributed by atoms with van der Waals surface area (Å²) in [6.07, 6.45) is 5.76. The average Bonchev–Trinajstić information content (AvgIpc) is 2.17. The number of nitrogens with zero attached hydrogens (tertiary/aromatic N) is 1. The molecule has 1 aromatic heterocycles. The first kappa shape index (κ1) is 10.4. The number of hydrogen-bond donors (Lipinski definition) is 1. The van der Waals surface area contributed by atoms with E-state index >= 15 is 0 Å². The Morgan fingerprint density at radius 1 is 1.46 bits per heavy atom. The Balaban J connectivity index is 2.27. The van der Waals surface area contributed by atoms with Crippen molar-refractivity contribution in [2.45, 2.75) is 6.92 Å². The Morgan fingerprint density at radius 2 is 2.15 bits per heavy atom. The van der Waals surface area contributed by atoms with Crippen LogP contribution in [0, 0.1) is 5.92 Å². The molecule has 0 spiro atoms. The van der Waals surface area contributed by atoms with Gasteiger partial charge in [-0.3, -0.25) is 4.98 Å². The number of anilines is 1. The first-order valence-electron chi connectivity index (χ1n) is 4.45. The third kappa shape index (κ3) is 4.18. The summed E-state index contributed by atoms with van der Waals surface area (Å²) in [5.74, 6) is 1.92. The number of nitrogens with one attached hydrogen (secondary N) is 1. The second-order valence-electron chi connectivity index (χ2n) is 3.18. The highest BCUT2D eigenvalue weighted by molar-refractivity contribution is 7.98. The van der Waals surface area contributed by atoms with Gasteiger partial charge in [0.05, 0.1) is 0 Å². The molecule has 0 aromatic carbocycles. The van der Waals surface area contributed by atoms with E-state index in [0.717, 1.165) is 12.2 Å². The van der Waals surface area contributed by atoms with Crippen LogP contribution in [0.4, 0.5) is 5.69 Å². The molecule has 3 heteroatoms. The molecular formula is C10H16N2S. The SMILES string of the molecule is CSCC(C)CNc1ccncc1. The molecular weight excluding hydrogens is 180 g/mol. The zero-order chi connectivity index (χ0) is 9.52. The van der Waals surface area contributed by atoms with Crippen LogP contribution in [0.25, 0.3) is 0 Å². The van der Waals surface area contributed by atoms with Crippen LogP contribution in [0.3, 0.4) is 0 Å². The smallest absolute Gasteiger partial charge is 0.0371 e. The summed E-state index contributed by atoms with van der Waals surface area (Å²) in [6, 6.07) is 3.98. The van der Waals surface area contributed by atoms with Crippen LogP contribution in [0.2, 0.25) is 0 Å². The summed E-state index contributed by atoms with van der Waals surface area (Å²) in [4.78, 5) is 3.96. The molecule has 13 heavy (non-hydrogen) atoms. The van der Waals surface area contributed by atoms with Gasteiger partial charge >= 0.3 is 0 Å². The molecule has 0 fully saturated rings. The van der Waals surface area contributed by atoms with Crippen LogP contribution in [0.15, 0.2) is 24.5 Å². The quantitative estimate of drug-likeness (QED) is 0.783. The molecule has 0 saturated heterocycles. The van der Waals surface area contributed by atoms with Crippen molar-refractivity contribution in [1.29, 1.82) is 0 Å². The Kier molecular flexibility index (Phi) is 4.68. The highest BCUT2D eigenvalue weighted by Crippen LogP contribution is 2.08. The molecule has 72 valence electrons. The van der Waals surface area contributed by atoms with E-state index in [1.54, 1.807) is 0 Å². The predicted octanol–water partition coefficient (Wildman–Crippen LogP) is 2.49. The van der Waals surface area contributed by atoms with Crippen LogP contribution in [0.5, 0.6) is 0 Å². The monoisotopic (exact) mass is 196 g/mol. The summed E-state index contributed by atoms with van der Waals surface area (Å²) in [6.45, 7) is 3.29. The molecule has 0 amide bonds. The van der Waals surface area contributed by atoms with E-state index in [0.29, 0.717) is 5.92 Å². The normalized spacial score (nSPS) is 12.5. The highest BCUT2D eigenvalue weighted by atomic mass is 32.2. The van der Waals surface area contributed by atoms with Crippen molar-refractivity contribution in [1.82, 2.24) is 4.98 Å². The van der Waals surface area contributed by atoms with Crippen molar-refractivity contribution in [3.05, 3.63) is 24.5 Å². The standard InChI is InChI=1S/C10H16N2S/c1-9(8-13-2)7-12-10-3-5-11-6-4-10/h3-6,9H,7-8H2,1-2H3,(H,11,12). The molecule has 0 aliphatic rings. The number of aromatic nitrogens is 1. The fraction of sp³-hybridized carbons (Fsp3) is 0.500. The van der Waals surface area contributed by atoms with Gasteiger partial charge in [-0.05, 0) is 30.1 Å². The fourth-order valence-corrected chi connectivity index (χ4v) is 1.79. The molecule has 1 N–H and O–H groups in total. The van der Waals surface area contributed by atoms with Gasteiger partial charge in [0.2, 0.25) is 0 Å². The molecule has 1 rings (SSSR count). The number of thioether (sulfide) groups is 1. The van der Waals surface area contributed by atoms with Crippen molar-refractivity contribution in [2.24, 2.45) is 5.92 Å². The van der Waals surface area contributed by atoms with Gasteiger partial charge in [0.15, 0.2) is 0 Å². The lowest BCUT2D eigenvalue weighted by Gasteiger charge is -2.11. The van der Waals surface area contributed by atoms with Crippen molar-refractivity contribution < 1.29 is 0 Å². The minimum absolute atomic E-state index is 0.711. The zero-order valence-corrected chi connectivity index (χ0v) is 8.97. The zero-order valence-electron chi connectivity index (χ0n) is 8.16. The number of hydrogen-bond acceptors (Lipinski definition) is 3. The largest absolute Gasteiger partial charge is 0.385 e. The lowest BCUT2D eigenvalue weighted by molar-refractivity contribution is 0.701. The molecule has 2 nitrogen and oxygen atoms in total. The Bertz CT molecular complexity index is 226. The summed E-state index contributed by atoms with van der Waals surface area (Å²) < 4.78 is 0. The molecule has 1 atom stereocenters. The maximum absolute atomic E-state index is 3.96. The van der Waals surface area contributed by atoms with Gasteiger partial charge < -0.3 is 5.32 Å². The molecule has 1 heterocycles. The fourth-order valence-electron chi connectivity index (χ4n) is 1.11. The lowest BCUT2D eigenvalue weighted by atomic mass is 10.2. The van der Waals surface area contributed by atoms with Crippen molar-refractivity contribution in [3.63, 3.8) is 0 Å². The first-order valence-corrected chi connectivity index (χ1v) is 5.85. The third-order valence-corrected chi connectivity index (χ3v) is 2.69. The minimum atomic E-state index is 0.711. The van der Waals surface area contributed by atoms with Crippen LogP contribution >= 0.6 is 11.8 Å². The van der Waals surface area contributed by atoms with E-state index in [1.807, 2.05) is 36.3 Å². The van der Waals surface area contributed by atoms with Gasteiger partial charge in [0, 0.05) is 24.6 Å². The lowest BCUT2D eigenvalue weighted by Crippen LogP contribution is -2.13. The van der Waals surface area contributed by atoms with E-state index in [2.05, 4.69) is 23.5 Å². The van der Waals surface area contributed by atoms with Crippen molar-refractivity contribution in [2.75, 3.05) is 23.9 Å². The summed E-state index contributed by atoms with van der Waals surface area (Å²) >= 11 is 1.89. The van der Waals surface area contributed by atoms with E-state index in [4.69, 9.17) is 0 Å². The first-order chi connectivity index (χ1) is 6.33. The van der Waals surface area contributed by atoms with E-state index in [9.17, 15) is 0 Å². The number of pyridine rings is 1. The highest BCUT2D eigenvalue weighted by Gasteiger charge is 1.99. The van der Waals surface area contributed by atoms with E-state index < -0.39 is 0 Å². The molecule has 0 radical (unpaired) electrons. The minimum Gasteiger partial charge on any atom is -0.385 e. The van der Waals surface area contributed by atoms with Gasteiger partial charge in [-0.25, -0.2) is 0 Å². The second kappa shape index (κ2) is 5.86. The van der Waals surface area contributed by atoms with Gasteiger partial charge in [0.1, 0.15) is 0 Å². The van der Waals surface area contributed by atoms with Crippen LogP contribution < -0.4 is 5.32 Å². The van der Waals surface area contributed by atoms with Crippen LogP contribution in [0.1, 0.15) is 6.92 Å². The van der Waals surface area contributed by atoms with Crippen molar-refractivity contribution in [3.8, 4) is 0 Å². The Labute approximate surface area is 84.1 Å². The van der Waals surface area contributed by atoms with E-state index in [1.165, 1.54) is 5.75 Å². The molecule has 1 aromatic rings. The van der Waals surface area contributed by atoms with Crippen LogP contribution in [-0.2, 0) is 0 Å². The van der Waals surface area contributed by atoms with Crippen LogP contribution in [-0.4, -0.2) is 23.5 Å². The third-order valence-electron chi connectivity index (χ3n) is 1.79. The summed E-state index contributed by atoms with van der Waals surface area (Å²) in [7, 11) is 0. The number of rotatable bonds is 5. The van der Waals surface area contributed by atoms with E-state index in [-0.39, 0.29) is 0 Å². The Hall–Kier alpha value is -0.700. The van der Waals surface area contributed by atoms with Gasteiger partial charge in [-0.1, -0.05) is 6.92 Å².